The summed E-state index contributed by atoms with van der Waals surface area (Å²) in [6.07, 6.45) is 0.951. The Bertz CT molecular complexity index is 446. The van der Waals surface area contributed by atoms with Crippen molar-refractivity contribution in [3.8, 4) is 0 Å². The van der Waals surface area contributed by atoms with E-state index in [1.54, 1.807) is 6.07 Å². The molecule has 2 N–H and O–H groups in total. The lowest BCUT2D eigenvalue weighted by Crippen LogP contribution is -2.33. The lowest BCUT2D eigenvalue weighted by Gasteiger charge is -2.36. The molecule has 92 valence electrons. The van der Waals surface area contributed by atoms with Crippen molar-refractivity contribution in [1.29, 1.82) is 0 Å². The molecule has 0 saturated carbocycles. The summed E-state index contributed by atoms with van der Waals surface area (Å²) in [7, 11) is 0. The first kappa shape index (κ1) is 12.0. The van der Waals surface area contributed by atoms with Gasteiger partial charge in [0.1, 0.15) is 0 Å². The van der Waals surface area contributed by atoms with E-state index in [2.05, 4.69) is 26.1 Å². The zero-order valence-corrected chi connectivity index (χ0v) is 10.6. The SMILES string of the molecule is CC(C)(C)C1CNc2c(cccc2C(=O)O)C1. The highest BCUT2D eigenvalue weighted by Crippen LogP contribution is 2.36. The third-order valence-corrected chi connectivity index (χ3v) is 3.60. The largest absolute Gasteiger partial charge is 0.478 e. The van der Waals surface area contributed by atoms with Gasteiger partial charge in [0.2, 0.25) is 0 Å². The minimum absolute atomic E-state index is 0.240. The fraction of sp³-hybridized carbons (Fsp3) is 0.500. The first-order valence-electron chi connectivity index (χ1n) is 5.98. The van der Waals surface area contributed by atoms with E-state index in [0.29, 0.717) is 11.5 Å². The van der Waals surface area contributed by atoms with Gasteiger partial charge in [-0.05, 0) is 29.4 Å². The molecule has 1 unspecified atom stereocenters. The van der Waals surface area contributed by atoms with E-state index in [1.165, 1.54) is 0 Å². The summed E-state index contributed by atoms with van der Waals surface area (Å²) >= 11 is 0. The van der Waals surface area contributed by atoms with Crippen LogP contribution in [0, 0.1) is 11.3 Å². The molecule has 0 fully saturated rings. The molecular formula is C14H19NO2. The molecule has 1 aromatic rings. The van der Waals surface area contributed by atoms with Crippen molar-refractivity contribution in [2.45, 2.75) is 27.2 Å². The van der Waals surface area contributed by atoms with E-state index in [9.17, 15) is 4.79 Å². The Morgan fingerprint density at radius 2 is 2.12 bits per heavy atom. The van der Waals surface area contributed by atoms with Crippen molar-refractivity contribution < 1.29 is 9.90 Å². The number of aromatic carboxylic acids is 1. The van der Waals surface area contributed by atoms with Gasteiger partial charge in [-0.15, -0.1) is 0 Å². The molecule has 0 spiro atoms. The number of anilines is 1. The summed E-state index contributed by atoms with van der Waals surface area (Å²) in [5, 5.41) is 12.4. The van der Waals surface area contributed by atoms with E-state index in [4.69, 9.17) is 5.11 Å². The maximum Gasteiger partial charge on any atom is 0.337 e. The predicted octanol–water partition coefficient (Wildman–Crippen LogP) is 3.02. The van der Waals surface area contributed by atoms with Gasteiger partial charge in [-0.2, -0.15) is 0 Å². The maximum absolute atomic E-state index is 11.1. The number of nitrogens with one attached hydrogen (secondary N) is 1. The molecule has 3 heteroatoms. The molecule has 1 aliphatic rings. The Morgan fingerprint density at radius 3 is 2.71 bits per heavy atom. The minimum atomic E-state index is -0.858. The normalized spacial score (nSPS) is 19.4. The Morgan fingerprint density at radius 1 is 1.41 bits per heavy atom. The van der Waals surface area contributed by atoms with Gasteiger partial charge < -0.3 is 10.4 Å². The fourth-order valence-electron chi connectivity index (χ4n) is 2.33. The van der Waals surface area contributed by atoms with Gasteiger partial charge in [0, 0.05) is 6.54 Å². The standard InChI is InChI=1S/C14H19NO2/c1-14(2,3)10-7-9-5-4-6-11(13(16)17)12(9)15-8-10/h4-6,10,15H,7-8H2,1-3H3,(H,16,17). The highest BCUT2D eigenvalue weighted by Gasteiger charge is 2.30. The van der Waals surface area contributed by atoms with Crippen molar-refractivity contribution in [3.63, 3.8) is 0 Å². The molecule has 0 aromatic heterocycles. The smallest absolute Gasteiger partial charge is 0.337 e. The van der Waals surface area contributed by atoms with Crippen LogP contribution >= 0.6 is 0 Å². The summed E-state index contributed by atoms with van der Waals surface area (Å²) in [6.45, 7) is 7.53. The Hall–Kier alpha value is -1.51. The molecule has 1 heterocycles. The fourth-order valence-corrected chi connectivity index (χ4v) is 2.33. The lowest BCUT2D eigenvalue weighted by atomic mass is 9.75. The highest BCUT2D eigenvalue weighted by molar-refractivity contribution is 5.95. The number of fused-ring (bicyclic) bond motifs is 1. The van der Waals surface area contributed by atoms with Crippen molar-refractivity contribution >= 4 is 11.7 Å². The third kappa shape index (κ3) is 2.28. The topological polar surface area (TPSA) is 49.3 Å². The van der Waals surface area contributed by atoms with Gasteiger partial charge in [0.15, 0.2) is 0 Å². The second-order valence-electron chi connectivity index (χ2n) is 5.79. The quantitative estimate of drug-likeness (QED) is 0.784. The van der Waals surface area contributed by atoms with Crippen LogP contribution in [0.3, 0.4) is 0 Å². The molecular weight excluding hydrogens is 214 g/mol. The van der Waals surface area contributed by atoms with Gasteiger partial charge in [-0.25, -0.2) is 4.79 Å². The average molecular weight is 233 g/mol. The predicted molar refractivity (Wildman–Crippen MR) is 68.5 cm³/mol. The monoisotopic (exact) mass is 233 g/mol. The first-order chi connectivity index (χ1) is 7.89. The number of rotatable bonds is 1. The number of benzene rings is 1. The van der Waals surface area contributed by atoms with E-state index < -0.39 is 5.97 Å². The molecule has 2 rings (SSSR count). The van der Waals surface area contributed by atoms with Crippen molar-refractivity contribution in [2.75, 3.05) is 11.9 Å². The zero-order valence-electron chi connectivity index (χ0n) is 10.6. The molecule has 0 saturated heterocycles. The molecule has 0 bridgehead atoms. The second kappa shape index (κ2) is 4.06. The Kier molecular flexibility index (Phi) is 2.86. The van der Waals surface area contributed by atoms with Crippen LogP contribution in [0.15, 0.2) is 18.2 Å². The van der Waals surface area contributed by atoms with Crippen LogP contribution in [0.2, 0.25) is 0 Å². The number of para-hydroxylation sites is 1. The third-order valence-electron chi connectivity index (χ3n) is 3.60. The number of carbonyl (C=O) groups is 1. The number of hydrogen-bond donors (Lipinski definition) is 2. The van der Waals surface area contributed by atoms with Crippen LogP contribution in [0.4, 0.5) is 5.69 Å². The van der Waals surface area contributed by atoms with E-state index in [1.807, 2.05) is 12.1 Å². The summed E-state index contributed by atoms with van der Waals surface area (Å²) < 4.78 is 0. The van der Waals surface area contributed by atoms with Gasteiger partial charge in [0.25, 0.3) is 0 Å². The molecule has 1 aliphatic heterocycles. The van der Waals surface area contributed by atoms with Crippen molar-refractivity contribution in [3.05, 3.63) is 29.3 Å². The highest BCUT2D eigenvalue weighted by atomic mass is 16.4. The lowest BCUT2D eigenvalue weighted by molar-refractivity contribution is 0.0697. The summed E-state index contributed by atoms with van der Waals surface area (Å²) in [5.41, 5.74) is 2.55. The molecule has 1 aromatic carbocycles. The van der Waals surface area contributed by atoms with E-state index >= 15 is 0 Å². The van der Waals surface area contributed by atoms with Crippen LogP contribution in [0.5, 0.6) is 0 Å². The van der Waals surface area contributed by atoms with Crippen molar-refractivity contribution in [2.24, 2.45) is 11.3 Å². The van der Waals surface area contributed by atoms with Crippen LogP contribution in [0.1, 0.15) is 36.7 Å². The minimum Gasteiger partial charge on any atom is -0.478 e. The molecule has 0 aliphatic carbocycles. The van der Waals surface area contributed by atoms with Crippen LogP contribution in [-0.2, 0) is 6.42 Å². The average Bonchev–Trinajstić information content (AvgIpc) is 2.26. The molecule has 3 nitrogen and oxygen atoms in total. The van der Waals surface area contributed by atoms with Crippen LogP contribution in [-0.4, -0.2) is 17.6 Å². The zero-order chi connectivity index (χ0) is 12.6. The van der Waals surface area contributed by atoms with E-state index in [0.717, 1.165) is 24.2 Å². The maximum atomic E-state index is 11.1. The van der Waals surface area contributed by atoms with Gasteiger partial charge >= 0.3 is 5.97 Å². The van der Waals surface area contributed by atoms with Crippen LogP contribution < -0.4 is 5.32 Å². The van der Waals surface area contributed by atoms with Crippen molar-refractivity contribution in [1.82, 2.24) is 0 Å². The van der Waals surface area contributed by atoms with Gasteiger partial charge in [-0.1, -0.05) is 32.9 Å². The summed E-state index contributed by atoms with van der Waals surface area (Å²) in [5.74, 6) is -0.317. The van der Waals surface area contributed by atoms with Gasteiger partial charge in [-0.3, -0.25) is 0 Å². The number of carboxylic acids is 1. The number of carboxylic acid groups (broad SMARTS) is 1. The van der Waals surface area contributed by atoms with Crippen LogP contribution in [0.25, 0.3) is 0 Å². The molecule has 17 heavy (non-hydrogen) atoms. The molecule has 0 amide bonds. The molecule has 1 atom stereocenters. The second-order valence-corrected chi connectivity index (χ2v) is 5.79. The molecule has 0 radical (unpaired) electrons. The Labute approximate surface area is 102 Å². The Balaban J connectivity index is 2.35. The first-order valence-corrected chi connectivity index (χ1v) is 5.98. The summed E-state index contributed by atoms with van der Waals surface area (Å²) in [6, 6.07) is 5.51. The van der Waals surface area contributed by atoms with E-state index in [-0.39, 0.29) is 5.41 Å². The summed E-state index contributed by atoms with van der Waals surface area (Å²) in [4.78, 5) is 11.1. The number of hydrogen-bond acceptors (Lipinski definition) is 2. The van der Waals surface area contributed by atoms with Gasteiger partial charge in [0.05, 0.1) is 11.3 Å².